The Morgan fingerprint density at radius 3 is 1.11 bits per heavy atom. The SMILES string of the molecule is C#Cc1cccc(CN(C[C@@H](O)[C@@H](N)Cc2cc(F)cc(F)c2)C(=O)[C@@H](CS(=O)(=O)CCCC)NC(=O)c2cc(C)[nH]n2)c1.CCCCS(=O)(=O)C[C@@H](NC(=O)c1cc(C)[nH]n1)C(=O)N(C[C@@H](O)[C@@H](N)Cc1cc(F)cc(F)c1)C1(c2cccc(CC)c2)CC1.CCCCS(=O)(=O)C[C@@H](NC(=O)c1cc(C)[nH]n1)C(=O)N(Cc1cccc(C(F)(F)F)c1)C[C@@H](O)[C@@H](N)Cc1cc(F)cc(F)c1. The maximum Gasteiger partial charge on any atom is 0.416 e. The lowest BCUT2D eigenvalue weighted by Crippen LogP contribution is -2.58. The molecule has 1 fully saturated rings. The summed E-state index contributed by atoms with van der Waals surface area (Å²) in [6.45, 7) is 10.5. The van der Waals surface area contributed by atoms with Crippen LogP contribution in [0.5, 0.6) is 0 Å². The van der Waals surface area contributed by atoms with Crippen LogP contribution in [0.4, 0.5) is 39.5 Å². The number of aliphatic hydroxyl groups is 3. The number of terminal acetylenes is 1. The summed E-state index contributed by atoms with van der Waals surface area (Å²) in [6, 6.07) is 23.3. The zero-order valence-corrected chi connectivity index (χ0v) is 78.6. The number of aromatic amines is 3. The summed E-state index contributed by atoms with van der Waals surface area (Å²) in [5.41, 5.74) is 21.7. The van der Waals surface area contributed by atoms with Crippen molar-refractivity contribution in [2.45, 2.75) is 205 Å². The molecule has 9 atom stereocenters. The van der Waals surface area contributed by atoms with E-state index in [0.717, 1.165) is 83.1 Å². The van der Waals surface area contributed by atoms with E-state index >= 15 is 0 Å². The number of benzene rings is 6. The Kier molecular flexibility index (Phi) is 40.2. The topological polar surface area (TPSA) is 475 Å². The number of sulfone groups is 3. The molecule has 0 aliphatic heterocycles. The maximum absolute atomic E-state index is 14.6. The highest BCUT2D eigenvalue weighted by molar-refractivity contribution is 7.92. The summed E-state index contributed by atoms with van der Waals surface area (Å²) in [5.74, 6) is -10.1. The third kappa shape index (κ3) is 33.9. The third-order valence-electron chi connectivity index (χ3n) is 22.3. The molecule has 10 rings (SSSR count). The predicted molar refractivity (Wildman–Crippen MR) is 492 cm³/mol. The minimum atomic E-state index is -4.71. The number of H-pyrrole nitrogens is 3. The number of rotatable bonds is 46. The van der Waals surface area contributed by atoms with Crippen LogP contribution in [0.15, 0.2) is 146 Å². The van der Waals surface area contributed by atoms with Gasteiger partial charge >= 0.3 is 6.18 Å². The van der Waals surface area contributed by atoms with Gasteiger partial charge in [0, 0.05) is 91.7 Å². The molecular weight excluding hydrogens is 1850 g/mol. The van der Waals surface area contributed by atoms with E-state index in [4.69, 9.17) is 23.6 Å². The minimum Gasteiger partial charge on any atom is -0.390 e. The van der Waals surface area contributed by atoms with Gasteiger partial charge in [-0.25, -0.2) is 51.6 Å². The molecule has 1 aliphatic carbocycles. The number of unbranched alkanes of at least 4 members (excludes halogenated alkanes) is 3. The molecule has 136 heavy (non-hydrogen) atoms. The quantitative estimate of drug-likeness (QED) is 0.0125. The molecule has 0 unspecified atom stereocenters. The molecule has 0 bridgehead atoms. The average Bonchev–Trinajstić information content (AvgIpc) is 1.57. The molecular formula is C94H116F9N15O15S3. The predicted octanol–water partition coefficient (Wildman–Crippen LogP) is 8.86. The van der Waals surface area contributed by atoms with E-state index in [1.54, 1.807) is 52.0 Å². The van der Waals surface area contributed by atoms with Gasteiger partial charge in [0.15, 0.2) is 29.5 Å². The zero-order chi connectivity index (χ0) is 100. The van der Waals surface area contributed by atoms with Crippen molar-refractivity contribution in [2.75, 3.05) is 54.2 Å². The number of nitrogens with two attached hydrogens (primary N) is 3. The molecule has 3 heterocycles. The lowest BCUT2D eigenvalue weighted by Gasteiger charge is -2.38. The number of alkyl halides is 3. The molecule has 6 aromatic carbocycles. The van der Waals surface area contributed by atoms with E-state index in [1.165, 1.54) is 34.1 Å². The van der Waals surface area contributed by atoms with Crippen LogP contribution >= 0.6 is 0 Å². The summed E-state index contributed by atoms with van der Waals surface area (Å²) in [4.78, 5) is 85.3. The monoisotopic (exact) mass is 1960 g/mol. The largest absolute Gasteiger partial charge is 0.416 e. The van der Waals surface area contributed by atoms with Gasteiger partial charge in [-0.1, -0.05) is 101 Å². The molecule has 738 valence electrons. The second kappa shape index (κ2) is 49.9. The highest BCUT2D eigenvalue weighted by Gasteiger charge is 2.54. The van der Waals surface area contributed by atoms with Gasteiger partial charge in [-0.05, 0) is 196 Å². The molecule has 0 saturated heterocycles. The van der Waals surface area contributed by atoms with Crippen LogP contribution in [0.25, 0.3) is 0 Å². The van der Waals surface area contributed by atoms with Gasteiger partial charge in [-0.3, -0.25) is 44.1 Å². The van der Waals surface area contributed by atoms with Crippen LogP contribution in [0.3, 0.4) is 0 Å². The summed E-state index contributed by atoms with van der Waals surface area (Å²) in [5, 5.41) is 60.3. The number of carbonyl (C=O) groups excluding carboxylic acids is 6. The molecule has 6 amide bonds. The van der Waals surface area contributed by atoms with E-state index in [-0.39, 0.29) is 102 Å². The van der Waals surface area contributed by atoms with Crippen LogP contribution in [-0.2, 0) is 94.4 Å². The van der Waals surface area contributed by atoms with Crippen molar-refractivity contribution in [3.63, 3.8) is 0 Å². The standard InChI is InChI=1S/C33H43F2N5O5S.C31H37F2N5O5S.C30H36F5N5O5S/c1-4-6-12-46(44,45)20-29(37-31(42)28-13-21(3)38-39-28)32(43)40(33(10-11-33)24-9-7-8-22(5-2)14-24)19-30(41)27(36)17-23-15-25(34)18-26(35)16-23;1-4-6-10-44(42,43)19-28(35-30(40)27-11-20(3)36-37-27)31(41)38(17-22-9-7-8-21(5-2)12-22)18-29(39)26(34)15-23-13-24(32)16-25(33)14-23;1-3-4-8-46(44,45)17-26(37-28(42)25-9-18(2)38-39-25)29(43)40(15-19-6-5-7-21(10-19)30(33,34)35)16-27(41)24(36)13-20-11-22(31)14-23(32)12-20/h7-9,13-16,18,27,29-30,41H,4-6,10-12,17,19-20,36H2,1-3H3,(H,37,42)(H,38,39);2,7-9,11-14,16,26,28-29,39H,4,6,10,15,17-19,34H2,1,3H3,(H,35,40)(H,36,37);5-7,9-12,14,24,26-27,41H,3-4,8,13,15-17,36H2,1-2H3,(H,37,42)(H,38,39)/t27-,29+,30+;26-,28+,29+;24-,26+,27+/m000/s1. The molecule has 42 heteroatoms. The lowest BCUT2D eigenvalue weighted by atomic mass is 9.96. The fraction of sp³-hybridized carbons (Fsp3) is 0.436. The minimum absolute atomic E-state index is 0.00558. The van der Waals surface area contributed by atoms with Crippen molar-refractivity contribution in [3.05, 3.63) is 265 Å². The van der Waals surface area contributed by atoms with Gasteiger partial charge in [0.25, 0.3) is 17.7 Å². The Morgan fingerprint density at radius 2 is 0.787 bits per heavy atom. The van der Waals surface area contributed by atoms with Crippen molar-refractivity contribution in [2.24, 2.45) is 17.2 Å². The number of aliphatic hydroxyl groups excluding tert-OH is 3. The van der Waals surface area contributed by atoms with E-state index in [1.807, 2.05) is 45.0 Å². The normalized spacial score (nSPS) is 14.5. The van der Waals surface area contributed by atoms with E-state index < -0.39 is 202 Å². The molecule has 30 nitrogen and oxygen atoms in total. The first-order chi connectivity index (χ1) is 64.0. The molecule has 9 aromatic rings. The van der Waals surface area contributed by atoms with Crippen LogP contribution in [-0.4, -0.2) is 230 Å². The number of amides is 6. The lowest BCUT2D eigenvalue weighted by molar-refractivity contribution is -0.139. The smallest absolute Gasteiger partial charge is 0.390 e. The Morgan fingerprint density at radius 1 is 0.456 bits per heavy atom. The first-order valence-corrected chi connectivity index (χ1v) is 49.5. The zero-order valence-electron chi connectivity index (χ0n) is 76.2. The first kappa shape index (κ1) is 110. The summed E-state index contributed by atoms with van der Waals surface area (Å²) < 4.78 is 201. The van der Waals surface area contributed by atoms with Crippen LogP contribution < -0.4 is 33.2 Å². The van der Waals surface area contributed by atoms with Crippen molar-refractivity contribution < 1.29 is 109 Å². The molecule has 1 aliphatic rings. The van der Waals surface area contributed by atoms with E-state index in [2.05, 4.69) is 52.5 Å². The fourth-order valence-corrected chi connectivity index (χ4v) is 19.8. The van der Waals surface area contributed by atoms with Gasteiger partial charge < -0.3 is 63.2 Å². The molecule has 3 aromatic heterocycles. The van der Waals surface area contributed by atoms with Gasteiger partial charge in [0.1, 0.15) is 70.1 Å². The number of hydrogen-bond donors (Lipinski definition) is 12. The van der Waals surface area contributed by atoms with E-state index in [9.17, 15) is 109 Å². The van der Waals surface area contributed by atoms with Crippen LogP contribution in [0.2, 0.25) is 0 Å². The Hall–Kier alpha value is -11.7. The number of aromatic nitrogens is 6. The highest BCUT2D eigenvalue weighted by atomic mass is 32.2. The van der Waals surface area contributed by atoms with Gasteiger partial charge in [-0.15, -0.1) is 6.42 Å². The maximum atomic E-state index is 14.6. The number of carbonyl (C=O) groups is 6. The van der Waals surface area contributed by atoms with Crippen molar-refractivity contribution in [1.29, 1.82) is 0 Å². The van der Waals surface area contributed by atoms with Gasteiger partial charge in [-0.2, -0.15) is 28.5 Å². The summed E-state index contributed by atoms with van der Waals surface area (Å²) >= 11 is 0. The van der Waals surface area contributed by atoms with Gasteiger partial charge in [0.2, 0.25) is 17.7 Å². The summed E-state index contributed by atoms with van der Waals surface area (Å²) in [6.07, 6.45) is 0.621. The second-order valence-electron chi connectivity index (χ2n) is 33.9. The molecule has 1 saturated carbocycles. The third-order valence-corrected chi connectivity index (χ3v) is 27.5. The average molecular weight is 1960 g/mol. The fourth-order valence-electron chi connectivity index (χ4n) is 14.9. The number of nitrogens with one attached hydrogen (secondary N) is 6. The molecule has 0 radical (unpaired) electrons. The van der Waals surface area contributed by atoms with E-state index in [0.29, 0.717) is 85.3 Å². The number of nitrogens with zero attached hydrogens (tertiary/aromatic N) is 6. The van der Waals surface area contributed by atoms with Crippen molar-refractivity contribution >= 4 is 65.0 Å². The summed E-state index contributed by atoms with van der Waals surface area (Å²) in [7, 11) is -11.5. The van der Waals surface area contributed by atoms with Gasteiger partial charge in [0.05, 0.1) is 63.9 Å². The number of halogens is 9. The Balaban J connectivity index is 0.000000251. The van der Waals surface area contributed by atoms with Crippen LogP contribution in [0.1, 0.15) is 178 Å². The highest BCUT2D eigenvalue weighted by Crippen LogP contribution is 2.52. The Labute approximate surface area is 784 Å². The number of hydrogen-bond acceptors (Lipinski definition) is 21. The van der Waals surface area contributed by atoms with Crippen molar-refractivity contribution in [1.82, 2.24) is 61.2 Å². The van der Waals surface area contributed by atoms with Crippen LogP contribution in [0, 0.1) is 68.0 Å². The Bertz CT molecular complexity index is 5940. The number of aryl methyl sites for hydroxylation is 4. The molecule has 15 N–H and O–H groups in total. The molecule has 0 spiro atoms. The van der Waals surface area contributed by atoms with Crippen molar-refractivity contribution in [3.8, 4) is 12.3 Å². The first-order valence-electron chi connectivity index (χ1n) is 44.0. The second-order valence-corrected chi connectivity index (χ2v) is 40.6.